The van der Waals surface area contributed by atoms with E-state index in [0.717, 1.165) is 5.01 Å². The molecule has 11 heavy (non-hydrogen) atoms. The Morgan fingerprint density at radius 2 is 2.45 bits per heavy atom. The molecule has 0 aliphatic carbocycles. The number of nitrogens with zero attached hydrogens (tertiary/aromatic N) is 2. The maximum atomic E-state index is 11.1. The minimum absolute atomic E-state index is 0.273. The summed E-state index contributed by atoms with van der Waals surface area (Å²) < 4.78 is 0. The summed E-state index contributed by atoms with van der Waals surface area (Å²) in [7, 11) is 1.48. The predicted octanol–water partition coefficient (Wildman–Crippen LogP) is -0.336. The van der Waals surface area contributed by atoms with Gasteiger partial charge in [0.2, 0.25) is 0 Å². The van der Waals surface area contributed by atoms with Gasteiger partial charge in [-0.05, 0) is 6.92 Å². The summed E-state index contributed by atoms with van der Waals surface area (Å²) in [5.41, 5.74) is 0.410. The lowest BCUT2D eigenvalue weighted by atomic mass is 10.4. The molecule has 0 bridgehead atoms. The van der Waals surface area contributed by atoms with Crippen LogP contribution in [0.15, 0.2) is 6.20 Å². The highest BCUT2D eigenvalue weighted by Gasteiger charge is 2.09. The lowest BCUT2D eigenvalue weighted by molar-refractivity contribution is 0.0790. The van der Waals surface area contributed by atoms with Gasteiger partial charge in [0.15, 0.2) is 0 Å². The molecule has 0 unspecified atom stereocenters. The number of rotatable bonds is 1. The van der Waals surface area contributed by atoms with Crippen molar-refractivity contribution in [3.05, 3.63) is 17.7 Å². The molecule has 0 aromatic carbocycles. The number of nitrogens with two attached hydrogens (primary N) is 1. The number of hydrazine groups is 1. The Balaban J connectivity index is 2.85. The van der Waals surface area contributed by atoms with Crippen LogP contribution in [0.25, 0.3) is 0 Å². The van der Waals surface area contributed by atoms with Gasteiger partial charge in [0.05, 0.1) is 6.20 Å². The number of carbonyl (C=O) groups excluding carboxylic acids is 1. The maximum absolute atomic E-state index is 11.1. The van der Waals surface area contributed by atoms with Crippen molar-refractivity contribution in [2.45, 2.75) is 6.92 Å². The lowest BCUT2D eigenvalue weighted by Crippen LogP contribution is -2.33. The SMILES string of the molecule is Cc1ncc(C(=O)N(C)N)[nH]1. The molecule has 0 spiro atoms. The molecule has 5 nitrogen and oxygen atoms in total. The van der Waals surface area contributed by atoms with Gasteiger partial charge in [0.1, 0.15) is 11.5 Å². The molecule has 0 saturated carbocycles. The molecule has 0 fully saturated rings. The number of aryl methyl sites for hydroxylation is 1. The van der Waals surface area contributed by atoms with Crippen LogP contribution in [0.2, 0.25) is 0 Å². The molecule has 1 rings (SSSR count). The zero-order chi connectivity index (χ0) is 8.43. The number of aromatic nitrogens is 2. The smallest absolute Gasteiger partial charge is 0.285 e. The average molecular weight is 154 g/mol. The van der Waals surface area contributed by atoms with Crippen molar-refractivity contribution in [1.29, 1.82) is 0 Å². The van der Waals surface area contributed by atoms with E-state index in [1.807, 2.05) is 0 Å². The summed E-state index contributed by atoms with van der Waals surface area (Å²) >= 11 is 0. The summed E-state index contributed by atoms with van der Waals surface area (Å²) in [6.07, 6.45) is 1.46. The fourth-order valence-electron chi connectivity index (χ4n) is 0.719. The van der Waals surface area contributed by atoms with Crippen molar-refractivity contribution in [3.63, 3.8) is 0 Å². The van der Waals surface area contributed by atoms with Crippen molar-refractivity contribution in [2.75, 3.05) is 7.05 Å². The average Bonchev–Trinajstić information content (AvgIpc) is 2.34. The Morgan fingerprint density at radius 1 is 1.82 bits per heavy atom. The molecule has 0 saturated heterocycles. The van der Waals surface area contributed by atoms with Gasteiger partial charge >= 0.3 is 0 Å². The van der Waals surface area contributed by atoms with E-state index in [4.69, 9.17) is 5.84 Å². The first-order valence-corrected chi connectivity index (χ1v) is 3.15. The van der Waals surface area contributed by atoms with Crippen LogP contribution in [-0.2, 0) is 0 Å². The molecule has 0 radical (unpaired) electrons. The van der Waals surface area contributed by atoms with Gasteiger partial charge in [0, 0.05) is 7.05 Å². The van der Waals surface area contributed by atoms with Gasteiger partial charge in [-0.1, -0.05) is 0 Å². The van der Waals surface area contributed by atoms with Crippen LogP contribution in [0, 0.1) is 6.92 Å². The quantitative estimate of drug-likeness (QED) is 0.330. The summed E-state index contributed by atoms with van der Waals surface area (Å²) in [5.74, 6) is 5.64. The van der Waals surface area contributed by atoms with Crippen LogP contribution >= 0.6 is 0 Å². The highest BCUT2D eigenvalue weighted by molar-refractivity contribution is 5.91. The molecule has 60 valence electrons. The molecular weight excluding hydrogens is 144 g/mol. The van der Waals surface area contributed by atoms with Crippen LogP contribution in [0.4, 0.5) is 0 Å². The molecule has 0 atom stereocenters. The summed E-state index contributed by atoms with van der Waals surface area (Å²) in [6, 6.07) is 0. The number of imidazole rings is 1. The van der Waals surface area contributed by atoms with E-state index in [-0.39, 0.29) is 5.91 Å². The Labute approximate surface area is 64.2 Å². The van der Waals surface area contributed by atoms with E-state index in [1.165, 1.54) is 13.2 Å². The minimum Gasteiger partial charge on any atom is -0.338 e. The van der Waals surface area contributed by atoms with Crippen LogP contribution in [0.1, 0.15) is 16.3 Å². The zero-order valence-electron chi connectivity index (χ0n) is 6.46. The zero-order valence-corrected chi connectivity index (χ0v) is 6.46. The van der Waals surface area contributed by atoms with E-state index >= 15 is 0 Å². The topological polar surface area (TPSA) is 75.0 Å². The third-order valence-electron chi connectivity index (χ3n) is 1.25. The van der Waals surface area contributed by atoms with Crippen molar-refractivity contribution in [1.82, 2.24) is 15.0 Å². The summed E-state index contributed by atoms with van der Waals surface area (Å²) in [5, 5.41) is 1.01. The molecule has 1 amide bonds. The van der Waals surface area contributed by atoms with Gasteiger partial charge < -0.3 is 4.98 Å². The first-order chi connectivity index (χ1) is 5.11. The van der Waals surface area contributed by atoms with Crippen molar-refractivity contribution < 1.29 is 4.79 Å². The number of carbonyl (C=O) groups is 1. The molecule has 1 aromatic rings. The second kappa shape index (κ2) is 2.71. The monoisotopic (exact) mass is 154 g/mol. The van der Waals surface area contributed by atoms with E-state index in [2.05, 4.69) is 9.97 Å². The molecule has 1 heterocycles. The fraction of sp³-hybridized carbons (Fsp3) is 0.333. The molecule has 1 aromatic heterocycles. The van der Waals surface area contributed by atoms with E-state index in [1.54, 1.807) is 6.92 Å². The normalized spacial score (nSPS) is 9.73. The van der Waals surface area contributed by atoms with Crippen LogP contribution in [-0.4, -0.2) is 27.9 Å². The van der Waals surface area contributed by atoms with Crippen molar-refractivity contribution in [3.8, 4) is 0 Å². The third-order valence-corrected chi connectivity index (χ3v) is 1.25. The summed E-state index contributed by atoms with van der Waals surface area (Å²) in [6.45, 7) is 1.77. The number of hydrogen-bond donors (Lipinski definition) is 2. The first kappa shape index (κ1) is 7.74. The number of amides is 1. The van der Waals surface area contributed by atoms with Gasteiger partial charge in [-0.2, -0.15) is 0 Å². The second-order valence-corrected chi connectivity index (χ2v) is 2.30. The first-order valence-electron chi connectivity index (χ1n) is 3.15. The highest BCUT2D eigenvalue weighted by Crippen LogP contribution is 1.96. The predicted molar refractivity (Wildman–Crippen MR) is 39.6 cm³/mol. The van der Waals surface area contributed by atoms with Gasteiger partial charge in [-0.15, -0.1) is 0 Å². The Kier molecular flexibility index (Phi) is 1.91. The third kappa shape index (κ3) is 1.56. The van der Waals surface area contributed by atoms with Crippen molar-refractivity contribution in [2.24, 2.45) is 5.84 Å². The number of H-pyrrole nitrogens is 1. The standard InChI is InChI=1S/C6H10N4O/c1-4-8-3-5(9-4)6(11)10(2)7/h3H,7H2,1-2H3,(H,8,9). The number of nitrogens with one attached hydrogen (secondary N) is 1. The number of hydrogen-bond acceptors (Lipinski definition) is 3. The Bertz CT molecular complexity index is 265. The minimum atomic E-state index is -0.273. The van der Waals surface area contributed by atoms with E-state index in [0.29, 0.717) is 11.5 Å². The molecule has 0 aliphatic rings. The van der Waals surface area contributed by atoms with Crippen LogP contribution in [0.3, 0.4) is 0 Å². The molecule has 0 aliphatic heterocycles. The van der Waals surface area contributed by atoms with Crippen LogP contribution < -0.4 is 5.84 Å². The fourth-order valence-corrected chi connectivity index (χ4v) is 0.719. The molecular formula is C6H10N4O. The largest absolute Gasteiger partial charge is 0.338 e. The maximum Gasteiger partial charge on any atom is 0.285 e. The van der Waals surface area contributed by atoms with E-state index in [9.17, 15) is 4.79 Å². The molecule has 3 N–H and O–H groups in total. The van der Waals surface area contributed by atoms with Gasteiger partial charge in [-0.25, -0.2) is 10.8 Å². The molecule has 5 heteroatoms. The number of aromatic amines is 1. The Morgan fingerprint density at radius 3 is 2.82 bits per heavy atom. The van der Waals surface area contributed by atoms with Gasteiger partial charge in [0.25, 0.3) is 5.91 Å². The van der Waals surface area contributed by atoms with Crippen LogP contribution in [0.5, 0.6) is 0 Å². The highest BCUT2D eigenvalue weighted by atomic mass is 16.2. The summed E-state index contributed by atoms with van der Waals surface area (Å²) in [4.78, 5) is 17.7. The lowest BCUT2D eigenvalue weighted by Gasteiger charge is -2.06. The van der Waals surface area contributed by atoms with E-state index < -0.39 is 0 Å². The second-order valence-electron chi connectivity index (χ2n) is 2.30. The van der Waals surface area contributed by atoms with Crippen molar-refractivity contribution >= 4 is 5.91 Å². The Hall–Kier alpha value is -1.36. The van der Waals surface area contributed by atoms with Gasteiger partial charge in [-0.3, -0.25) is 9.80 Å².